The van der Waals surface area contributed by atoms with E-state index in [9.17, 15) is 13.2 Å². The van der Waals surface area contributed by atoms with Crippen LogP contribution in [-0.2, 0) is 27.9 Å². The summed E-state index contributed by atoms with van der Waals surface area (Å²) in [4.78, 5) is 17.2. The van der Waals surface area contributed by atoms with Crippen LogP contribution in [0.2, 0.25) is 5.02 Å². The Bertz CT molecular complexity index is 1160. The van der Waals surface area contributed by atoms with Gasteiger partial charge in [-0.2, -0.15) is 4.31 Å². The van der Waals surface area contributed by atoms with Gasteiger partial charge in [-0.1, -0.05) is 41.9 Å². The number of piperazine rings is 1. The van der Waals surface area contributed by atoms with E-state index in [1.807, 2.05) is 23.1 Å². The molecule has 34 heavy (non-hydrogen) atoms. The molecule has 4 rings (SSSR count). The average molecular weight is 502 g/mol. The van der Waals surface area contributed by atoms with E-state index in [-0.39, 0.29) is 30.3 Å². The van der Waals surface area contributed by atoms with Crippen molar-refractivity contribution in [3.05, 3.63) is 89.3 Å². The molecule has 1 fully saturated rings. The third-order valence-corrected chi connectivity index (χ3v) is 8.02. The molecule has 0 spiro atoms. The Morgan fingerprint density at radius 3 is 2.29 bits per heavy atom. The Balaban J connectivity index is 1.36. The first-order valence-electron chi connectivity index (χ1n) is 11.2. The van der Waals surface area contributed by atoms with Crippen LogP contribution in [0, 0.1) is 0 Å². The first-order chi connectivity index (χ1) is 16.4. The number of furan rings is 1. The van der Waals surface area contributed by atoms with Gasteiger partial charge in [-0.15, -0.1) is 0 Å². The molecule has 0 bridgehead atoms. The Morgan fingerprint density at radius 2 is 1.65 bits per heavy atom. The third kappa shape index (κ3) is 6.27. The van der Waals surface area contributed by atoms with E-state index < -0.39 is 10.0 Å². The molecule has 3 aromatic rings. The number of nitrogens with zero attached hydrogens (tertiary/aromatic N) is 3. The van der Waals surface area contributed by atoms with Crippen molar-refractivity contribution in [2.75, 3.05) is 32.7 Å². The number of carbonyl (C=O) groups is 1. The standard InChI is InChI=1S/C25H28ClN3O4S/c26-22-8-10-24(11-9-22)34(31,32)29(20-23-7-4-18-33-23)13-12-25(30)28-16-14-27(15-17-28)19-21-5-2-1-3-6-21/h1-11,18H,12-17,19-20H2. The van der Waals surface area contributed by atoms with Crippen molar-refractivity contribution in [2.24, 2.45) is 0 Å². The minimum Gasteiger partial charge on any atom is -0.468 e. The number of amides is 1. The molecule has 1 amide bonds. The van der Waals surface area contributed by atoms with E-state index in [0.717, 1.165) is 19.6 Å². The molecule has 7 nitrogen and oxygen atoms in total. The zero-order valence-electron chi connectivity index (χ0n) is 18.8. The molecule has 0 radical (unpaired) electrons. The second-order valence-electron chi connectivity index (χ2n) is 8.26. The lowest BCUT2D eigenvalue weighted by Crippen LogP contribution is -2.48. The lowest BCUT2D eigenvalue weighted by molar-refractivity contribution is -0.133. The second-order valence-corrected chi connectivity index (χ2v) is 10.6. The van der Waals surface area contributed by atoms with Gasteiger partial charge in [0.15, 0.2) is 0 Å². The molecule has 9 heteroatoms. The highest BCUT2D eigenvalue weighted by molar-refractivity contribution is 7.89. The summed E-state index contributed by atoms with van der Waals surface area (Å²) < 4.78 is 33.2. The molecule has 0 unspecified atom stereocenters. The predicted octanol–water partition coefficient (Wildman–Crippen LogP) is 3.86. The topological polar surface area (TPSA) is 74.1 Å². The number of sulfonamides is 1. The van der Waals surface area contributed by atoms with Crippen LogP contribution in [0.15, 0.2) is 82.3 Å². The zero-order valence-corrected chi connectivity index (χ0v) is 20.4. The van der Waals surface area contributed by atoms with Crippen LogP contribution in [0.1, 0.15) is 17.7 Å². The van der Waals surface area contributed by atoms with E-state index in [4.69, 9.17) is 16.0 Å². The Morgan fingerprint density at radius 1 is 0.941 bits per heavy atom. The van der Waals surface area contributed by atoms with Crippen LogP contribution in [-0.4, -0.2) is 61.2 Å². The van der Waals surface area contributed by atoms with Crippen molar-refractivity contribution in [1.82, 2.24) is 14.1 Å². The molecule has 0 atom stereocenters. The normalized spacial score (nSPS) is 15.1. The van der Waals surface area contributed by atoms with Crippen molar-refractivity contribution >= 4 is 27.5 Å². The smallest absolute Gasteiger partial charge is 0.243 e. The van der Waals surface area contributed by atoms with Gasteiger partial charge in [-0.25, -0.2) is 8.42 Å². The maximum atomic E-state index is 13.3. The fourth-order valence-electron chi connectivity index (χ4n) is 3.99. The predicted molar refractivity (Wildman–Crippen MR) is 131 cm³/mol. The van der Waals surface area contributed by atoms with Gasteiger partial charge in [0.1, 0.15) is 5.76 Å². The van der Waals surface area contributed by atoms with E-state index in [2.05, 4.69) is 17.0 Å². The van der Waals surface area contributed by atoms with Crippen LogP contribution in [0.4, 0.5) is 0 Å². The molecule has 2 aromatic carbocycles. The lowest BCUT2D eigenvalue weighted by atomic mass is 10.2. The summed E-state index contributed by atoms with van der Waals surface area (Å²) in [6.07, 6.45) is 1.61. The van der Waals surface area contributed by atoms with Crippen LogP contribution in [0.3, 0.4) is 0 Å². The average Bonchev–Trinajstić information content (AvgIpc) is 3.36. The first-order valence-corrected chi connectivity index (χ1v) is 13.1. The number of halogens is 1. The van der Waals surface area contributed by atoms with Crippen molar-refractivity contribution in [3.63, 3.8) is 0 Å². The first kappa shape index (κ1) is 24.5. The number of benzene rings is 2. The van der Waals surface area contributed by atoms with Gasteiger partial charge in [0, 0.05) is 50.7 Å². The van der Waals surface area contributed by atoms with Gasteiger partial charge < -0.3 is 9.32 Å². The number of carbonyl (C=O) groups excluding carboxylic acids is 1. The molecule has 2 heterocycles. The molecule has 0 saturated carbocycles. The molecule has 1 aromatic heterocycles. The van der Waals surface area contributed by atoms with Crippen molar-refractivity contribution in [2.45, 2.75) is 24.4 Å². The monoisotopic (exact) mass is 501 g/mol. The maximum absolute atomic E-state index is 13.3. The molecule has 1 aliphatic rings. The third-order valence-electron chi connectivity index (χ3n) is 5.91. The molecule has 1 aliphatic heterocycles. The van der Waals surface area contributed by atoms with Crippen molar-refractivity contribution in [3.8, 4) is 0 Å². The van der Waals surface area contributed by atoms with Gasteiger partial charge in [-0.3, -0.25) is 9.69 Å². The highest BCUT2D eigenvalue weighted by atomic mass is 35.5. The number of rotatable bonds is 9. The van der Waals surface area contributed by atoms with Gasteiger partial charge >= 0.3 is 0 Å². The summed E-state index contributed by atoms with van der Waals surface area (Å²) >= 11 is 5.92. The lowest BCUT2D eigenvalue weighted by Gasteiger charge is -2.35. The fraction of sp³-hybridized carbons (Fsp3) is 0.320. The van der Waals surface area contributed by atoms with Crippen LogP contribution in [0.5, 0.6) is 0 Å². The van der Waals surface area contributed by atoms with Gasteiger partial charge in [0.2, 0.25) is 15.9 Å². The quantitative estimate of drug-likeness (QED) is 0.445. The summed E-state index contributed by atoms with van der Waals surface area (Å²) in [5.41, 5.74) is 1.25. The van der Waals surface area contributed by atoms with Crippen molar-refractivity contribution in [1.29, 1.82) is 0 Å². The molecular weight excluding hydrogens is 474 g/mol. The summed E-state index contributed by atoms with van der Waals surface area (Å²) in [6.45, 7) is 3.82. The minimum atomic E-state index is -3.83. The summed E-state index contributed by atoms with van der Waals surface area (Å²) in [6, 6.07) is 19.7. The Hall–Kier alpha value is -2.65. The van der Waals surface area contributed by atoms with E-state index in [1.54, 1.807) is 24.3 Å². The van der Waals surface area contributed by atoms with Crippen molar-refractivity contribution < 1.29 is 17.6 Å². The van der Waals surface area contributed by atoms with E-state index >= 15 is 0 Å². The fourth-order valence-corrected chi connectivity index (χ4v) is 5.52. The molecule has 180 valence electrons. The van der Waals surface area contributed by atoms with Gasteiger partial charge in [-0.05, 0) is 42.0 Å². The van der Waals surface area contributed by atoms with Crippen LogP contribution < -0.4 is 0 Å². The molecular formula is C25H28ClN3O4S. The van der Waals surface area contributed by atoms with E-state index in [1.165, 1.54) is 28.3 Å². The molecule has 1 saturated heterocycles. The largest absolute Gasteiger partial charge is 0.468 e. The summed E-state index contributed by atoms with van der Waals surface area (Å²) in [5.74, 6) is 0.467. The number of hydrogen-bond donors (Lipinski definition) is 0. The summed E-state index contributed by atoms with van der Waals surface area (Å²) in [7, 11) is -3.83. The SMILES string of the molecule is O=C(CCN(Cc1ccco1)S(=O)(=O)c1ccc(Cl)cc1)N1CCN(Cc2ccccc2)CC1. The zero-order chi connectivity index (χ0) is 24.0. The molecule has 0 aliphatic carbocycles. The number of hydrogen-bond acceptors (Lipinski definition) is 5. The Kier molecular flexibility index (Phi) is 8.05. The second kappa shape index (κ2) is 11.2. The van der Waals surface area contributed by atoms with Crippen LogP contribution in [0.25, 0.3) is 0 Å². The highest BCUT2D eigenvalue weighted by Crippen LogP contribution is 2.21. The van der Waals surface area contributed by atoms with Gasteiger partial charge in [0.25, 0.3) is 0 Å². The van der Waals surface area contributed by atoms with Crippen LogP contribution >= 0.6 is 11.6 Å². The minimum absolute atomic E-state index is 0.0462. The molecule has 0 N–H and O–H groups in total. The summed E-state index contributed by atoms with van der Waals surface area (Å²) in [5, 5.41) is 0.457. The maximum Gasteiger partial charge on any atom is 0.243 e. The highest BCUT2D eigenvalue weighted by Gasteiger charge is 2.28. The van der Waals surface area contributed by atoms with Gasteiger partial charge in [0.05, 0.1) is 17.7 Å². The van der Waals surface area contributed by atoms with E-state index in [0.29, 0.717) is 23.9 Å². The Labute approximate surface area is 205 Å².